The van der Waals surface area contributed by atoms with Crippen LogP contribution in [0.4, 0.5) is 5.69 Å². The van der Waals surface area contributed by atoms with E-state index in [1.54, 1.807) is 37.5 Å². The van der Waals surface area contributed by atoms with Crippen LogP contribution in [-0.4, -0.2) is 30.7 Å². The quantitative estimate of drug-likeness (QED) is 0.501. The fourth-order valence-electron chi connectivity index (χ4n) is 3.72. The number of thiophene rings is 1. The highest BCUT2D eigenvalue weighted by atomic mass is 32.1. The van der Waals surface area contributed by atoms with Crippen LogP contribution in [0, 0.1) is 0 Å². The number of anilines is 1. The second kappa shape index (κ2) is 8.65. The number of carboxylic acid groups (broad SMARTS) is 1. The molecule has 1 amide bonds. The molecule has 0 unspecified atom stereocenters. The van der Waals surface area contributed by atoms with E-state index in [1.807, 2.05) is 24.3 Å². The van der Waals surface area contributed by atoms with Gasteiger partial charge in [0.15, 0.2) is 0 Å². The zero-order valence-electron chi connectivity index (χ0n) is 16.9. The number of ether oxygens (including phenoxy) is 2. The van der Waals surface area contributed by atoms with Crippen LogP contribution in [0.2, 0.25) is 0 Å². The minimum atomic E-state index is -1.03. The predicted molar refractivity (Wildman–Crippen MR) is 120 cm³/mol. The summed E-state index contributed by atoms with van der Waals surface area (Å²) in [7, 11) is 1.57. The zero-order chi connectivity index (χ0) is 22.0. The highest BCUT2D eigenvalue weighted by molar-refractivity contribution is 7.15. The van der Waals surface area contributed by atoms with E-state index in [2.05, 4.69) is 11.9 Å². The van der Waals surface area contributed by atoms with E-state index in [9.17, 15) is 14.7 Å². The van der Waals surface area contributed by atoms with Crippen molar-refractivity contribution in [1.29, 1.82) is 0 Å². The third kappa shape index (κ3) is 4.04. The molecule has 0 spiro atoms. The first-order chi connectivity index (χ1) is 15.0. The van der Waals surface area contributed by atoms with Gasteiger partial charge in [0.2, 0.25) is 5.91 Å². The number of hydrogen-bond acceptors (Lipinski definition) is 5. The molecule has 1 atom stereocenters. The average Bonchev–Trinajstić information content (AvgIpc) is 3.17. The van der Waals surface area contributed by atoms with Crippen molar-refractivity contribution in [3.8, 4) is 22.6 Å². The molecule has 0 saturated carbocycles. The molecule has 158 valence electrons. The molecule has 0 fully saturated rings. The molecule has 7 heteroatoms. The molecule has 6 nitrogen and oxygen atoms in total. The Hall–Kier alpha value is -3.58. The van der Waals surface area contributed by atoms with Gasteiger partial charge in [-0.25, -0.2) is 4.79 Å². The van der Waals surface area contributed by atoms with Crippen LogP contribution in [0.15, 0.2) is 61.2 Å². The van der Waals surface area contributed by atoms with Gasteiger partial charge in [-0.3, -0.25) is 4.79 Å². The first kappa shape index (κ1) is 20.7. The lowest BCUT2D eigenvalue weighted by atomic mass is 9.88. The standard InChI is InChI=1S/C24H21NO5S/c1-3-11-30-17-6-4-5-15(12-17)18-13-19(26)25-21-20(23(24(27)28)31-22(18)21)14-7-9-16(29-2)10-8-14/h3-10,12,18H,1,11,13H2,2H3,(H,25,26)(H,27,28)/t18-/m0/s1. The van der Waals surface area contributed by atoms with Crippen LogP contribution in [0.25, 0.3) is 11.1 Å². The number of aromatic carboxylic acids is 1. The average molecular weight is 436 g/mol. The van der Waals surface area contributed by atoms with Crippen molar-refractivity contribution in [2.75, 3.05) is 19.0 Å². The van der Waals surface area contributed by atoms with Crippen LogP contribution in [0.3, 0.4) is 0 Å². The van der Waals surface area contributed by atoms with E-state index in [0.29, 0.717) is 34.9 Å². The maximum absolute atomic E-state index is 12.6. The molecule has 3 aromatic rings. The minimum Gasteiger partial charge on any atom is -0.497 e. The Labute approximate surface area is 183 Å². The summed E-state index contributed by atoms with van der Waals surface area (Å²) < 4.78 is 10.8. The fraction of sp³-hybridized carbons (Fsp3) is 0.167. The number of amides is 1. The third-order valence-electron chi connectivity index (χ3n) is 5.11. The van der Waals surface area contributed by atoms with E-state index in [1.165, 1.54) is 11.3 Å². The molecular weight excluding hydrogens is 414 g/mol. The lowest BCUT2D eigenvalue weighted by Crippen LogP contribution is -2.22. The highest BCUT2D eigenvalue weighted by Gasteiger charge is 2.34. The van der Waals surface area contributed by atoms with Crippen molar-refractivity contribution in [1.82, 2.24) is 0 Å². The smallest absolute Gasteiger partial charge is 0.346 e. The Morgan fingerprint density at radius 1 is 1.26 bits per heavy atom. The molecule has 0 radical (unpaired) electrons. The number of carboxylic acids is 1. The summed E-state index contributed by atoms with van der Waals surface area (Å²) in [4.78, 5) is 25.7. The van der Waals surface area contributed by atoms with Crippen LogP contribution in [0.1, 0.15) is 32.5 Å². The van der Waals surface area contributed by atoms with Crippen molar-refractivity contribution < 1.29 is 24.2 Å². The summed E-state index contributed by atoms with van der Waals surface area (Å²) in [5.41, 5.74) is 2.69. The van der Waals surface area contributed by atoms with Gasteiger partial charge in [0.05, 0.1) is 12.8 Å². The minimum absolute atomic E-state index is 0.153. The van der Waals surface area contributed by atoms with Gasteiger partial charge in [-0.2, -0.15) is 0 Å². The van der Waals surface area contributed by atoms with Gasteiger partial charge in [-0.1, -0.05) is 36.9 Å². The summed E-state index contributed by atoms with van der Waals surface area (Å²) in [6.07, 6.45) is 1.90. The number of carbonyl (C=O) groups excluding carboxylic acids is 1. The molecular formula is C24H21NO5S. The molecule has 1 aromatic heterocycles. The first-order valence-corrected chi connectivity index (χ1v) is 10.5. The van der Waals surface area contributed by atoms with Gasteiger partial charge in [0, 0.05) is 22.8 Å². The second-order valence-corrected chi connectivity index (χ2v) is 8.11. The summed E-state index contributed by atoms with van der Waals surface area (Å²) in [6, 6.07) is 14.7. The first-order valence-electron chi connectivity index (χ1n) is 9.69. The molecule has 0 saturated heterocycles. The molecule has 1 aliphatic rings. The Morgan fingerprint density at radius 2 is 2.03 bits per heavy atom. The number of fused-ring (bicyclic) bond motifs is 1. The lowest BCUT2D eigenvalue weighted by molar-refractivity contribution is -0.116. The number of benzene rings is 2. The molecule has 4 rings (SSSR count). The Bertz CT molecular complexity index is 1150. The maximum Gasteiger partial charge on any atom is 0.346 e. The monoisotopic (exact) mass is 435 g/mol. The van der Waals surface area contributed by atoms with Crippen LogP contribution in [0.5, 0.6) is 11.5 Å². The van der Waals surface area contributed by atoms with Crippen molar-refractivity contribution in [3.63, 3.8) is 0 Å². The van der Waals surface area contributed by atoms with E-state index >= 15 is 0 Å². The van der Waals surface area contributed by atoms with Crippen LogP contribution in [-0.2, 0) is 4.79 Å². The summed E-state index contributed by atoms with van der Waals surface area (Å²) >= 11 is 1.20. The number of rotatable bonds is 7. The van der Waals surface area contributed by atoms with Gasteiger partial charge < -0.3 is 19.9 Å². The molecule has 0 aliphatic carbocycles. The van der Waals surface area contributed by atoms with Crippen molar-refractivity contribution in [2.24, 2.45) is 0 Å². The van der Waals surface area contributed by atoms with Crippen molar-refractivity contribution in [3.05, 3.63) is 76.5 Å². The number of hydrogen-bond donors (Lipinski definition) is 2. The largest absolute Gasteiger partial charge is 0.497 e. The summed E-state index contributed by atoms with van der Waals surface area (Å²) in [5.74, 6) is -0.0925. The predicted octanol–water partition coefficient (Wildman–Crippen LogP) is 5.16. The van der Waals surface area contributed by atoms with Gasteiger partial charge in [0.1, 0.15) is 23.0 Å². The van der Waals surface area contributed by atoms with Gasteiger partial charge >= 0.3 is 5.97 Å². The lowest BCUT2D eigenvalue weighted by Gasteiger charge is -2.24. The molecule has 0 bridgehead atoms. The highest BCUT2D eigenvalue weighted by Crippen LogP contribution is 2.49. The van der Waals surface area contributed by atoms with Crippen LogP contribution >= 0.6 is 11.3 Å². The topological polar surface area (TPSA) is 84.9 Å². The Balaban J connectivity index is 1.83. The SMILES string of the molecule is C=CCOc1cccc([C@@H]2CC(=O)Nc3c2sc(C(=O)O)c3-c2ccc(OC)cc2)c1. The third-order valence-corrected chi connectivity index (χ3v) is 6.40. The zero-order valence-corrected chi connectivity index (χ0v) is 17.7. The van der Waals surface area contributed by atoms with Crippen molar-refractivity contribution >= 4 is 28.9 Å². The van der Waals surface area contributed by atoms with Gasteiger partial charge in [0.25, 0.3) is 0 Å². The van der Waals surface area contributed by atoms with E-state index < -0.39 is 5.97 Å². The summed E-state index contributed by atoms with van der Waals surface area (Å²) in [6.45, 7) is 4.04. The van der Waals surface area contributed by atoms with Gasteiger partial charge in [-0.05, 0) is 35.4 Å². The second-order valence-electron chi connectivity index (χ2n) is 7.06. The fourth-order valence-corrected chi connectivity index (χ4v) is 4.96. The number of carbonyl (C=O) groups is 2. The van der Waals surface area contributed by atoms with Crippen LogP contribution < -0.4 is 14.8 Å². The molecule has 31 heavy (non-hydrogen) atoms. The number of nitrogens with one attached hydrogen (secondary N) is 1. The van der Waals surface area contributed by atoms with Gasteiger partial charge in [-0.15, -0.1) is 11.3 Å². The number of methoxy groups -OCH3 is 1. The van der Waals surface area contributed by atoms with E-state index in [4.69, 9.17) is 9.47 Å². The van der Waals surface area contributed by atoms with Crippen molar-refractivity contribution in [2.45, 2.75) is 12.3 Å². The Kier molecular flexibility index (Phi) is 5.77. The molecule has 2 N–H and O–H groups in total. The maximum atomic E-state index is 12.6. The molecule has 2 aromatic carbocycles. The normalized spacial score (nSPS) is 15.0. The van der Waals surface area contributed by atoms with E-state index in [0.717, 1.165) is 10.4 Å². The Morgan fingerprint density at radius 3 is 2.71 bits per heavy atom. The summed E-state index contributed by atoms with van der Waals surface area (Å²) in [5, 5.41) is 12.8. The molecule has 1 aliphatic heterocycles. The molecule has 2 heterocycles. The van der Waals surface area contributed by atoms with E-state index in [-0.39, 0.29) is 23.1 Å².